The number of nitrogens with zero attached hydrogens (tertiary/aromatic N) is 2. The fourth-order valence-electron chi connectivity index (χ4n) is 1.84. The average molecular weight is 267 g/mol. The Morgan fingerprint density at radius 1 is 1.06 bits per heavy atom. The maximum absolute atomic E-state index is 10.4. The number of hydrogen-bond acceptors (Lipinski definition) is 4. The zero-order valence-electron chi connectivity index (χ0n) is 9.82. The summed E-state index contributed by atoms with van der Waals surface area (Å²) in [5.74, 6) is 0. The van der Waals surface area contributed by atoms with Crippen molar-refractivity contribution in [2.45, 2.75) is 6.42 Å². The molecule has 7 nitrogen and oxygen atoms in total. The van der Waals surface area contributed by atoms with E-state index < -0.39 is 7.82 Å². The van der Waals surface area contributed by atoms with Gasteiger partial charge in [-0.05, 0) is 6.42 Å². The first kappa shape index (κ1) is 15.0. The zero-order valence-corrected chi connectivity index (χ0v) is 10.7. The van der Waals surface area contributed by atoms with Crippen molar-refractivity contribution in [1.29, 1.82) is 0 Å². The van der Waals surface area contributed by atoms with E-state index in [4.69, 9.17) is 9.79 Å². The van der Waals surface area contributed by atoms with Gasteiger partial charge < -0.3 is 14.7 Å². The van der Waals surface area contributed by atoms with Crippen LogP contribution in [-0.2, 0) is 14.2 Å². The van der Waals surface area contributed by atoms with Gasteiger partial charge in [0.1, 0.15) is 0 Å². The highest BCUT2D eigenvalue weighted by molar-refractivity contribution is 7.46. The molecule has 1 rings (SSSR count). The molecule has 1 saturated heterocycles. The first-order valence-electron chi connectivity index (χ1n) is 5.74. The molecule has 0 spiro atoms. The van der Waals surface area contributed by atoms with Crippen LogP contribution in [0, 0.1) is 0 Å². The van der Waals surface area contributed by atoms with Crippen LogP contribution in [0.25, 0.3) is 0 Å². The maximum atomic E-state index is 10.4. The van der Waals surface area contributed by atoms with Crippen LogP contribution in [0.4, 0.5) is 0 Å². The monoisotopic (exact) mass is 267 g/mol. The summed E-state index contributed by atoms with van der Waals surface area (Å²) >= 11 is 0. The lowest BCUT2D eigenvalue weighted by Gasteiger charge is -2.34. The highest BCUT2D eigenvalue weighted by Crippen LogP contribution is 2.35. The van der Waals surface area contributed by atoms with E-state index in [2.05, 4.69) is 14.3 Å². The first-order chi connectivity index (χ1) is 8.01. The number of rotatable bonds is 7. The van der Waals surface area contributed by atoms with E-state index in [1.807, 2.05) is 0 Å². The van der Waals surface area contributed by atoms with E-state index in [-0.39, 0.29) is 13.2 Å². The van der Waals surface area contributed by atoms with Gasteiger partial charge in [0.05, 0.1) is 13.2 Å². The third kappa shape index (κ3) is 7.10. The molecule has 17 heavy (non-hydrogen) atoms. The number of piperazine rings is 1. The molecular weight excluding hydrogens is 247 g/mol. The molecule has 0 aromatic rings. The molecular formula is C9H20N2O5P. The topological polar surface area (TPSA) is 93.1 Å². The minimum atomic E-state index is -4.32. The third-order valence-corrected chi connectivity index (χ3v) is 3.27. The molecule has 0 bridgehead atoms. The van der Waals surface area contributed by atoms with E-state index in [0.29, 0.717) is 13.0 Å². The van der Waals surface area contributed by atoms with Crippen molar-refractivity contribution in [3.63, 3.8) is 0 Å². The summed E-state index contributed by atoms with van der Waals surface area (Å²) in [6.07, 6.45) is 0.604. The molecule has 1 aliphatic heterocycles. The highest BCUT2D eigenvalue weighted by Gasteiger charge is 2.17. The van der Waals surface area contributed by atoms with Crippen LogP contribution < -0.4 is 0 Å². The molecule has 1 heterocycles. The molecule has 8 heteroatoms. The molecule has 0 unspecified atom stereocenters. The van der Waals surface area contributed by atoms with Crippen molar-refractivity contribution in [1.82, 2.24) is 9.80 Å². The Morgan fingerprint density at radius 3 is 2.06 bits per heavy atom. The van der Waals surface area contributed by atoms with Gasteiger partial charge in [0.2, 0.25) is 0 Å². The van der Waals surface area contributed by atoms with Crippen LogP contribution in [0.15, 0.2) is 0 Å². The maximum Gasteiger partial charge on any atom is 0.469 e. The van der Waals surface area contributed by atoms with Crippen LogP contribution in [0.3, 0.4) is 0 Å². The average Bonchev–Trinajstić information content (AvgIpc) is 2.26. The Labute approximate surface area is 101 Å². The highest BCUT2D eigenvalue weighted by atomic mass is 31.2. The Balaban J connectivity index is 2.04. The Kier molecular flexibility index (Phi) is 6.58. The molecule has 1 fully saturated rings. The predicted octanol–water partition coefficient (Wildman–Crippen LogP) is -0.466. The fourth-order valence-corrected chi connectivity index (χ4v) is 2.20. The first-order valence-corrected chi connectivity index (χ1v) is 7.27. The van der Waals surface area contributed by atoms with Gasteiger partial charge in [0, 0.05) is 39.3 Å². The quantitative estimate of drug-likeness (QED) is 0.478. The van der Waals surface area contributed by atoms with Gasteiger partial charge in [-0.15, -0.1) is 0 Å². The van der Waals surface area contributed by atoms with Crippen LogP contribution in [0.5, 0.6) is 0 Å². The standard InChI is InChI=1S/C9H20N2O5P/c12-8-7-11-5-3-10(4-6-11)2-1-9-16-17(13,14)15/h1-9H2,(H2,13,14,15). The molecule has 1 radical (unpaired) electrons. The van der Waals surface area contributed by atoms with Gasteiger partial charge in [-0.1, -0.05) is 0 Å². The van der Waals surface area contributed by atoms with Gasteiger partial charge in [-0.25, -0.2) is 9.67 Å². The van der Waals surface area contributed by atoms with Gasteiger partial charge >= 0.3 is 7.82 Å². The number of phosphoric acid groups is 1. The Morgan fingerprint density at radius 2 is 1.59 bits per heavy atom. The Hall–Kier alpha value is -0.0100. The van der Waals surface area contributed by atoms with E-state index in [1.54, 1.807) is 0 Å². The fraction of sp³-hybridized carbons (Fsp3) is 1.00. The second-order valence-electron chi connectivity index (χ2n) is 4.06. The van der Waals surface area contributed by atoms with Crippen molar-refractivity contribution in [2.75, 3.05) is 52.5 Å². The van der Waals surface area contributed by atoms with E-state index in [0.717, 1.165) is 32.7 Å². The molecule has 0 saturated carbocycles. The van der Waals surface area contributed by atoms with Gasteiger partial charge in [0.15, 0.2) is 0 Å². The summed E-state index contributed by atoms with van der Waals surface area (Å²) in [5, 5.41) is 10.4. The minimum absolute atomic E-state index is 0.0594. The zero-order chi connectivity index (χ0) is 12.7. The molecule has 101 valence electrons. The normalized spacial score (nSPS) is 19.7. The lowest BCUT2D eigenvalue weighted by Crippen LogP contribution is -2.47. The minimum Gasteiger partial charge on any atom is -0.303 e. The van der Waals surface area contributed by atoms with Crippen molar-refractivity contribution in [2.24, 2.45) is 0 Å². The van der Waals surface area contributed by atoms with Crippen molar-refractivity contribution in [3.8, 4) is 0 Å². The molecule has 0 atom stereocenters. The van der Waals surface area contributed by atoms with Crippen molar-refractivity contribution in [3.05, 3.63) is 0 Å². The summed E-state index contributed by atoms with van der Waals surface area (Å²) < 4.78 is 14.8. The predicted molar refractivity (Wildman–Crippen MR) is 61.0 cm³/mol. The van der Waals surface area contributed by atoms with Gasteiger partial charge in [-0.2, -0.15) is 0 Å². The largest absolute Gasteiger partial charge is 0.469 e. The summed E-state index contributed by atoms with van der Waals surface area (Å²) in [7, 11) is -4.32. The van der Waals surface area contributed by atoms with Crippen LogP contribution >= 0.6 is 7.82 Å². The third-order valence-electron chi connectivity index (χ3n) is 2.75. The second-order valence-corrected chi connectivity index (χ2v) is 5.30. The summed E-state index contributed by atoms with van der Waals surface area (Å²) in [6.45, 7) is 4.97. The lowest BCUT2D eigenvalue weighted by atomic mass is 10.3. The Bertz CT molecular complexity index is 252. The van der Waals surface area contributed by atoms with Crippen LogP contribution in [0.2, 0.25) is 0 Å². The molecule has 2 N–H and O–H groups in total. The number of hydrogen-bond donors (Lipinski definition) is 2. The van der Waals surface area contributed by atoms with E-state index in [1.165, 1.54) is 0 Å². The smallest absolute Gasteiger partial charge is 0.303 e. The van der Waals surface area contributed by atoms with E-state index in [9.17, 15) is 9.67 Å². The summed E-state index contributed by atoms with van der Waals surface area (Å²) in [4.78, 5) is 21.3. The second kappa shape index (κ2) is 7.43. The number of phosphoric ester groups is 1. The molecule has 1 aliphatic rings. The molecule has 0 aliphatic carbocycles. The molecule has 0 amide bonds. The summed E-state index contributed by atoms with van der Waals surface area (Å²) in [5.41, 5.74) is 0. The SMILES string of the molecule is [O]CCN1CCN(CCCOP(=O)(O)O)CC1. The van der Waals surface area contributed by atoms with Crippen LogP contribution in [0.1, 0.15) is 6.42 Å². The molecule has 0 aromatic carbocycles. The summed E-state index contributed by atoms with van der Waals surface area (Å²) in [6, 6.07) is 0. The lowest BCUT2D eigenvalue weighted by molar-refractivity contribution is 0.0886. The van der Waals surface area contributed by atoms with Crippen LogP contribution in [-0.4, -0.2) is 72.1 Å². The van der Waals surface area contributed by atoms with Gasteiger partial charge in [0.25, 0.3) is 0 Å². The van der Waals surface area contributed by atoms with Crippen molar-refractivity contribution >= 4 is 7.82 Å². The van der Waals surface area contributed by atoms with Gasteiger partial charge in [-0.3, -0.25) is 9.42 Å². The molecule has 0 aromatic heterocycles. The van der Waals surface area contributed by atoms with E-state index >= 15 is 0 Å². The van der Waals surface area contributed by atoms with Crippen molar-refractivity contribution < 1.29 is 24.0 Å².